The van der Waals surface area contributed by atoms with E-state index in [2.05, 4.69) is 0 Å². The van der Waals surface area contributed by atoms with Crippen LogP contribution in [0.5, 0.6) is 0 Å². The molecule has 0 radical (unpaired) electrons. The maximum absolute atomic E-state index is 13.7. The number of carbonyl (C=O) groups is 3. The van der Waals surface area contributed by atoms with Crippen molar-refractivity contribution in [1.29, 1.82) is 0 Å². The minimum atomic E-state index is -0.679. The van der Waals surface area contributed by atoms with Gasteiger partial charge in [0.2, 0.25) is 11.8 Å². The number of imide groups is 1. The summed E-state index contributed by atoms with van der Waals surface area (Å²) in [5.41, 5.74) is -0.0493. The lowest BCUT2D eigenvalue weighted by molar-refractivity contribution is -0.139. The van der Waals surface area contributed by atoms with E-state index in [1.54, 1.807) is 13.0 Å². The first-order chi connectivity index (χ1) is 10.0. The number of nitrogens with zero attached hydrogens (tertiary/aromatic N) is 1. The van der Waals surface area contributed by atoms with Gasteiger partial charge in [0.05, 0.1) is 23.3 Å². The van der Waals surface area contributed by atoms with E-state index in [1.165, 1.54) is 18.2 Å². The van der Waals surface area contributed by atoms with Gasteiger partial charge in [-0.3, -0.25) is 14.4 Å². The van der Waals surface area contributed by atoms with Crippen molar-refractivity contribution in [2.24, 2.45) is 0 Å². The van der Waals surface area contributed by atoms with Crippen LogP contribution >= 0.6 is 11.8 Å². The van der Waals surface area contributed by atoms with Crippen LogP contribution in [0, 0.1) is 5.82 Å². The van der Waals surface area contributed by atoms with Gasteiger partial charge in [0.1, 0.15) is 5.82 Å². The number of benzene rings is 1. The minimum Gasteiger partial charge on any atom is -0.465 e. The quantitative estimate of drug-likeness (QED) is 0.612. The van der Waals surface area contributed by atoms with Crippen LogP contribution in [0.4, 0.5) is 10.1 Å². The number of thioether (sulfide) groups is 1. The molecule has 2 rings (SSSR count). The maximum atomic E-state index is 13.7. The van der Waals surface area contributed by atoms with Crippen LogP contribution in [-0.2, 0) is 19.1 Å². The first-order valence-corrected chi connectivity index (χ1v) is 7.48. The Morgan fingerprint density at radius 2 is 2.14 bits per heavy atom. The minimum absolute atomic E-state index is 0.0113. The lowest BCUT2D eigenvalue weighted by Crippen LogP contribution is -2.32. The van der Waals surface area contributed by atoms with Crippen molar-refractivity contribution < 1.29 is 23.5 Å². The molecule has 1 aliphatic heterocycles. The summed E-state index contributed by atoms with van der Waals surface area (Å²) in [6, 6.07) is 5.60. The topological polar surface area (TPSA) is 63.7 Å². The Hall–Kier alpha value is -1.89. The number of esters is 1. The highest BCUT2D eigenvalue weighted by molar-refractivity contribution is 8.01. The molecule has 1 aromatic rings. The summed E-state index contributed by atoms with van der Waals surface area (Å²) >= 11 is 1.04. The van der Waals surface area contributed by atoms with Gasteiger partial charge in [0, 0.05) is 6.42 Å². The predicted octanol–water partition coefficient (Wildman–Crippen LogP) is 1.75. The van der Waals surface area contributed by atoms with Crippen LogP contribution in [0.15, 0.2) is 24.3 Å². The second-order valence-corrected chi connectivity index (χ2v) is 5.52. The third kappa shape index (κ3) is 3.41. The van der Waals surface area contributed by atoms with E-state index in [1.807, 2.05) is 0 Å². The maximum Gasteiger partial charge on any atom is 0.315 e. The van der Waals surface area contributed by atoms with Crippen LogP contribution in [0.3, 0.4) is 0 Å². The van der Waals surface area contributed by atoms with E-state index in [-0.39, 0.29) is 24.5 Å². The summed E-state index contributed by atoms with van der Waals surface area (Å²) in [7, 11) is 0. The molecule has 1 heterocycles. The molecule has 2 amide bonds. The van der Waals surface area contributed by atoms with E-state index >= 15 is 0 Å². The average Bonchev–Trinajstić information content (AvgIpc) is 2.73. The number of halogens is 1. The first kappa shape index (κ1) is 15.5. The Balaban J connectivity index is 2.07. The van der Waals surface area contributed by atoms with Crippen LogP contribution < -0.4 is 4.90 Å². The lowest BCUT2D eigenvalue weighted by Gasteiger charge is -2.15. The molecule has 1 aliphatic rings. The van der Waals surface area contributed by atoms with E-state index < -0.39 is 28.9 Å². The molecule has 1 unspecified atom stereocenters. The van der Waals surface area contributed by atoms with Crippen LogP contribution in [-0.4, -0.2) is 35.4 Å². The zero-order chi connectivity index (χ0) is 15.4. The Bertz CT molecular complexity index is 578. The highest BCUT2D eigenvalue weighted by Crippen LogP contribution is 2.30. The summed E-state index contributed by atoms with van der Waals surface area (Å²) in [6.07, 6.45) is -0.0444. The second kappa shape index (κ2) is 6.71. The normalized spacial score (nSPS) is 18.2. The summed E-state index contributed by atoms with van der Waals surface area (Å²) in [5, 5.41) is -0.679. The fourth-order valence-electron chi connectivity index (χ4n) is 1.99. The third-order valence-electron chi connectivity index (χ3n) is 2.91. The average molecular weight is 311 g/mol. The van der Waals surface area contributed by atoms with Gasteiger partial charge < -0.3 is 4.74 Å². The van der Waals surface area contributed by atoms with Crippen LogP contribution in [0.1, 0.15) is 13.3 Å². The Labute approximate surface area is 125 Å². The predicted molar refractivity (Wildman–Crippen MR) is 76.4 cm³/mol. The Morgan fingerprint density at radius 3 is 2.81 bits per heavy atom. The number of hydrogen-bond donors (Lipinski definition) is 0. The van der Waals surface area contributed by atoms with Crippen molar-refractivity contribution in [1.82, 2.24) is 0 Å². The van der Waals surface area contributed by atoms with Gasteiger partial charge >= 0.3 is 5.97 Å². The molecule has 1 fully saturated rings. The van der Waals surface area contributed by atoms with Crippen molar-refractivity contribution >= 4 is 35.2 Å². The Morgan fingerprint density at radius 1 is 1.43 bits per heavy atom. The molecule has 1 saturated heterocycles. The van der Waals surface area contributed by atoms with Crippen molar-refractivity contribution in [2.75, 3.05) is 17.3 Å². The highest BCUT2D eigenvalue weighted by Gasteiger charge is 2.41. The number of hydrogen-bond acceptors (Lipinski definition) is 5. The van der Waals surface area contributed by atoms with E-state index in [0.717, 1.165) is 16.7 Å². The molecule has 21 heavy (non-hydrogen) atoms. The van der Waals surface area contributed by atoms with Gasteiger partial charge in [-0.05, 0) is 19.1 Å². The fraction of sp³-hybridized carbons (Fsp3) is 0.357. The second-order valence-electron chi connectivity index (χ2n) is 4.33. The van der Waals surface area contributed by atoms with Gasteiger partial charge in [0.25, 0.3) is 0 Å². The molecule has 0 N–H and O–H groups in total. The number of ether oxygens (including phenoxy) is 1. The molecule has 0 bridgehead atoms. The molecule has 5 nitrogen and oxygen atoms in total. The zero-order valence-electron chi connectivity index (χ0n) is 11.4. The van der Waals surface area contributed by atoms with E-state index in [0.29, 0.717) is 0 Å². The molecule has 0 aliphatic carbocycles. The third-order valence-corrected chi connectivity index (χ3v) is 4.08. The monoisotopic (exact) mass is 311 g/mol. The van der Waals surface area contributed by atoms with E-state index in [4.69, 9.17) is 4.74 Å². The fourth-order valence-corrected chi connectivity index (χ4v) is 2.92. The zero-order valence-corrected chi connectivity index (χ0v) is 12.2. The first-order valence-electron chi connectivity index (χ1n) is 6.43. The SMILES string of the molecule is CCOC(=O)CSC1CC(=O)N(c2ccccc2F)C1=O. The molecular formula is C14H14FNO4S. The molecule has 0 spiro atoms. The number of rotatable bonds is 5. The smallest absolute Gasteiger partial charge is 0.315 e. The van der Waals surface area contributed by atoms with Crippen molar-refractivity contribution in [3.63, 3.8) is 0 Å². The molecule has 112 valence electrons. The number of anilines is 1. The van der Waals surface area contributed by atoms with Crippen LogP contribution in [0.2, 0.25) is 0 Å². The molecule has 1 atom stereocenters. The van der Waals surface area contributed by atoms with E-state index in [9.17, 15) is 18.8 Å². The largest absolute Gasteiger partial charge is 0.465 e. The molecule has 0 aromatic heterocycles. The van der Waals surface area contributed by atoms with Crippen LogP contribution in [0.25, 0.3) is 0 Å². The standard InChI is InChI=1S/C14H14FNO4S/c1-2-20-13(18)8-21-11-7-12(17)16(14(11)19)10-6-4-3-5-9(10)15/h3-6,11H,2,7-8H2,1H3. The number of para-hydroxylation sites is 1. The Kier molecular flexibility index (Phi) is 4.95. The number of amides is 2. The summed E-state index contributed by atoms with van der Waals surface area (Å²) in [6.45, 7) is 1.95. The highest BCUT2D eigenvalue weighted by atomic mass is 32.2. The summed E-state index contributed by atoms with van der Waals surface area (Å²) in [4.78, 5) is 36.3. The summed E-state index contributed by atoms with van der Waals surface area (Å²) < 4.78 is 18.5. The van der Waals surface area contributed by atoms with Gasteiger partial charge in [-0.1, -0.05) is 12.1 Å². The molecular weight excluding hydrogens is 297 g/mol. The van der Waals surface area contributed by atoms with Crippen molar-refractivity contribution in [3.05, 3.63) is 30.1 Å². The lowest BCUT2D eigenvalue weighted by atomic mass is 10.3. The van der Waals surface area contributed by atoms with Gasteiger partial charge in [-0.25, -0.2) is 9.29 Å². The molecule has 0 saturated carbocycles. The van der Waals surface area contributed by atoms with Crippen molar-refractivity contribution in [2.45, 2.75) is 18.6 Å². The summed E-state index contributed by atoms with van der Waals surface area (Å²) in [5.74, 6) is -2.05. The van der Waals surface area contributed by atoms with Gasteiger partial charge in [0.15, 0.2) is 0 Å². The number of carbonyl (C=O) groups excluding carboxylic acids is 3. The van der Waals surface area contributed by atoms with Gasteiger partial charge in [-0.2, -0.15) is 0 Å². The molecule has 7 heteroatoms. The molecule has 1 aromatic carbocycles. The van der Waals surface area contributed by atoms with Crippen molar-refractivity contribution in [3.8, 4) is 0 Å². The van der Waals surface area contributed by atoms with Gasteiger partial charge in [-0.15, -0.1) is 11.8 Å².